The number of hydrogen-bond acceptors (Lipinski definition) is 4. The summed E-state index contributed by atoms with van der Waals surface area (Å²) in [6.45, 7) is 0.657. The number of ketones is 1. The molecule has 0 atom stereocenters. The van der Waals surface area contributed by atoms with Gasteiger partial charge in [0.2, 0.25) is 17.6 Å². The van der Waals surface area contributed by atoms with Crippen molar-refractivity contribution in [2.24, 2.45) is 0 Å². The van der Waals surface area contributed by atoms with Crippen LogP contribution in [0.25, 0.3) is 0 Å². The number of hydrogen-bond donors (Lipinski definition) is 2. The number of Topliss-reactive ketones (excluding diaryl/α,β-unsaturated/α-hetero) is 1. The number of carbonyl (C=O) groups excluding carboxylic acids is 4. The highest BCUT2D eigenvalue weighted by molar-refractivity contribution is 6.36. The Bertz CT molecular complexity index is 295. The van der Waals surface area contributed by atoms with Gasteiger partial charge >= 0.3 is 0 Å². The average Bonchev–Trinajstić information content (AvgIpc) is 2.23. The van der Waals surface area contributed by atoms with E-state index in [1.807, 2.05) is 0 Å². The Hall–Kier alpha value is -1.72. The van der Waals surface area contributed by atoms with Gasteiger partial charge in [-0.05, 0) is 12.8 Å². The summed E-state index contributed by atoms with van der Waals surface area (Å²) in [6, 6.07) is 0. The van der Waals surface area contributed by atoms with Crippen molar-refractivity contribution in [3.05, 3.63) is 0 Å². The Morgan fingerprint density at radius 3 is 1.75 bits per heavy atom. The zero-order valence-corrected chi connectivity index (χ0v) is 8.88. The molecule has 2 heterocycles. The van der Waals surface area contributed by atoms with Crippen LogP contribution in [0.15, 0.2) is 0 Å². The van der Waals surface area contributed by atoms with Crippen molar-refractivity contribution in [1.29, 1.82) is 0 Å². The topological polar surface area (TPSA) is 92.3 Å². The number of carbonyl (C=O) groups is 4. The summed E-state index contributed by atoms with van der Waals surface area (Å²) in [6.07, 6.45) is 2.94. The van der Waals surface area contributed by atoms with Gasteiger partial charge < -0.3 is 5.32 Å². The molecule has 2 fully saturated rings. The Morgan fingerprint density at radius 1 is 0.812 bits per heavy atom. The van der Waals surface area contributed by atoms with Crippen LogP contribution in [-0.2, 0) is 19.2 Å². The molecular weight excluding hydrogens is 212 g/mol. The molecule has 0 aromatic rings. The summed E-state index contributed by atoms with van der Waals surface area (Å²) in [5, 5.41) is 4.64. The molecule has 0 bridgehead atoms. The van der Waals surface area contributed by atoms with Crippen LogP contribution in [0, 0.1) is 0 Å². The van der Waals surface area contributed by atoms with Gasteiger partial charge in [0.15, 0.2) is 0 Å². The first kappa shape index (κ1) is 12.4. The molecule has 2 rings (SSSR count). The molecule has 2 N–H and O–H groups in total. The van der Waals surface area contributed by atoms with Gasteiger partial charge in [-0.15, -0.1) is 0 Å². The normalized spacial score (nSPS) is 20.5. The van der Waals surface area contributed by atoms with E-state index < -0.39 is 5.91 Å². The Morgan fingerprint density at radius 2 is 1.44 bits per heavy atom. The van der Waals surface area contributed by atoms with Gasteiger partial charge in [0.25, 0.3) is 5.91 Å². The molecule has 2 saturated heterocycles. The summed E-state index contributed by atoms with van der Waals surface area (Å²) in [5.41, 5.74) is 0. The monoisotopic (exact) mass is 226 g/mol. The fourth-order valence-electron chi connectivity index (χ4n) is 1.35. The van der Waals surface area contributed by atoms with Crippen molar-refractivity contribution in [2.75, 3.05) is 6.54 Å². The first-order valence-corrected chi connectivity index (χ1v) is 5.23. The largest absolute Gasteiger partial charge is 0.349 e. The third-order valence-corrected chi connectivity index (χ3v) is 2.21. The number of piperidine rings is 2. The maximum atomic E-state index is 10.4. The molecular formula is C10H14N2O4. The molecule has 88 valence electrons. The minimum atomic E-state index is -0.420. The van der Waals surface area contributed by atoms with Crippen molar-refractivity contribution < 1.29 is 19.2 Å². The van der Waals surface area contributed by atoms with Gasteiger partial charge in [-0.3, -0.25) is 24.5 Å². The lowest BCUT2D eigenvalue weighted by atomic mass is 10.1. The maximum absolute atomic E-state index is 10.4. The number of imide groups is 1. The first-order valence-electron chi connectivity index (χ1n) is 5.23. The van der Waals surface area contributed by atoms with Crippen LogP contribution in [0.1, 0.15) is 32.1 Å². The van der Waals surface area contributed by atoms with Crippen molar-refractivity contribution in [2.45, 2.75) is 32.1 Å². The van der Waals surface area contributed by atoms with E-state index >= 15 is 0 Å². The smallest absolute Gasteiger partial charge is 0.287 e. The second kappa shape index (κ2) is 5.99. The van der Waals surface area contributed by atoms with E-state index in [1.165, 1.54) is 0 Å². The van der Waals surface area contributed by atoms with Gasteiger partial charge in [0, 0.05) is 25.8 Å². The van der Waals surface area contributed by atoms with E-state index in [0.717, 1.165) is 6.42 Å². The van der Waals surface area contributed by atoms with Crippen molar-refractivity contribution in [3.8, 4) is 0 Å². The summed E-state index contributed by atoms with van der Waals surface area (Å²) in [4.78, 5) is 41.4. The molecule has 0 radical (unpaired) electrons. The minimum Gasteiger partial charge on any atom is -0.349 e. The second-order valence-electron chi connectivity index (χ2n) is 3.61. The van der Waals surface area contributed by atoms with Gasteiger partial charge in [-0.25, -0.2) is 0 Å². The van der Waals surface area contributed by atoms with Crippen LogP contribution in [0.2, 0.25) is 0 Å². The standard InChI is InChI=1S/2C5H7NO2/c7-4-2-1-3-6-5(4)8;7-4-2-1-3-5(8)6-4/h1-3H2,(H,6,8);1-3H2,(H,6,7,8). The molecule has 2 aliphatic rings. The van der Waals surface area contributed by atoms with E-state index in [9.17, 15) is 19.2 Å². The molecule has 6 heteroatoms. The van der Waals surface area contributed by atoms with Crippen LogP contribution < -0.4 is 10.6 Å². The predicted molar refractivity (Wildman–Crippen MR) is 54.3 cm³/mol. The lowest BCUT2D eigenvalue weighted by Crippen LogP contribution is -2.36. The number of amides is 3. The number of rotatable bonds is 0. The maximum Gasteiger partial charge on any atom is 0.287 e. The predicted octanol–water partition coefficient (Wildman–Crippen LogP) is -0.721. The van der Waals surface area contributed by atoms with E-state index in [0.29, 0.717) is 32.2 Å². The lowest BCUT2D eigenvalue weighted by Gasteiger charge is -2.07. The summed E-state index contributed by atoms with van der Waals surface area (Å²) >= 11 is 0. The van der Waals surface area contributed by atoms with Gasteiger partial charge in [-0.2, -0.15) is 0 Å². The molecule has 16 heavy (non-hydrogen) atoms. The van der Waals surface area contributed by atoms with Crippen molar-refractivity contribution in [1.82, 2.24) is 10.6 Å². The van der Waals surface area contributed by atoms with Crippen LogP contribution >= 0.6 is 0 Å². The second-order valence-corrected chi connectivity index (χ2v) is 3.61. The fraction of sp³-hybridized carbons (Fsp3) is 0.600. The molecule has 0 unspecified atom stereocenters. The summed E-state index contributed by atoms with van der Waals surface area (Å²) in [5.74, 6) is -0.977. The highest BCUT2D eigenvalue weighted by Crippen LogP contribution is 2.00. The third-order valence-electron chi connectivity index (χ3n) is 2.21. The van der Waals surface area contributed by atoms with Gasteiger partial charge in [0.1, 0.15) is 0 Å². The van der Waals surface area contributed by atoms with E-state index in [-0.39, 0.29) is 17.6 Å². The molecule has 0 aliphatic carbocycles. The molecule has 0 aromatic heterocycles. The van der Waals surface area contributed by atoms with Crippen molar-refractivity contribution in [3.63, 3.8) is 0 Å². The van der Waals surface area contributed by atoms with Crippen LogP contribution in [-0.4, -0.2) is 30.0 Å². The quantitative estimate of drug-likeness (QED) is 0.421. The molecule has 0 spiro atoms. The minimum absolute atomic E-state index is 0.138. The van der Waals surface area contributed by atoms with Crippen molar-refractivity contribution >= 4 is 23.5 Å². The molecule has 0 aromatic carbocycles. The summed E-state index contributed by atoms with van der Waals surface area (Å²) in [7, 11) is 0. The molecule has 3 amide bonds. The summed E-state index contributed by atoms with van der Waals surface area (Å²) < 4.78 is 0. The van der Waals surface area contributed by atoms with Gasteiger partial charge in [-0.1, -0.05) is 0 Å². The molecule has 6 nitrogen and oxygen atoms in total. The van der Waals surface area contributed by atoms with Crippen LogP contribution in [0.4, 0.5) is 0 Å². The van der Waals surface area contributed by atoms with E-state index in [2.05, 4.69) is 10.6 Å². The highest BCUT2D eigenvalue weighted by atomic mass is 16.2. The Balaban J connectivity index is 0.000000160. The first-order chi connectivity index (χ1) is 7.59. The van der Waals surface area contributed by atoms with Gasteiger partial charge in [0.05, 0.1) is 0 Å². The Labute approximate surface area is 92.8 Å². The number of nitrogens with one attached hydrogen (secondary N) is 2. The Kier molecular flexibility index (Phi) is 4.63. The zero-order valence-electron chi connectivity index (χ0n) is 8.88. The zero-order chi connectivity index (χ0) is 12.0. The van der Waals surface area contributed by atoms with E-state index in [1.54, 1.807) is 0 Å². The highest BCUT2D eigenvalue weighted by Gasteiger charge is 2.16. The third kappa shape index (κ3) is 4.20. The molecule has 2 aliphatic heterocycles. The lowest BCUT2D eigenvalue weighted by molar-refractivity contribution is -0.139. The average molecular weight is 226 g/mol. The SMILES string of the molecule is O=C1CCCC(=O)N1.O=C1CCCNC1=O. The van der Waals surface area contributed by atoms with E-state index in [4.69, 9.17) is 0 Å². The molecule has 0 saturated carbocycles. The fourth-order valence-corrected chi connectivity index (χ4v) is 1.35. The van der Waals surface area contributed by atoms with Crippen LogP contribution in [0.5, 0.6) is 0 Å². The van der Waals surface area contributed by atoms with Crippen LogP contribution in [0.3, 0.4) is 0 Å².